The minimum absolute atomic E-state index is 0.281. The molecular weight excluding hydrogens is 242 g/mol. The lowest BCUT2D eigenvalue weighted by Gasteiger charge is -2.19. The van der Waals surface area contributed by atoms with Gasteiger partial charge in [0, 0.05) is 19.2 Å². The van der Waals surface area contributed by atoms with E-state index in [-0.39, 0.29) is 6.61 Å². The van der Waals surface area contributed by atoms with Gasteiger partial charge in [-0.2, -0.15) is 0 Å². The first-order valence-electron chi connectivity index (χ1n) is 6.83. The van der Waals surface area contributed by atoms with Crippen LogP contribution >= 0.6 is 0 Å². The third kappa shape index (κ3) is 3.39. The lowest BCUT2D eigenvalue weighted by Crippen LogP contribution is -2.33. The van der Waals surface area contributed by atoms with Gasteiger partial charge >= 0.3 is 0 Å². The average molecular weight is 265 g/mol. The zero-order valence-electron chi connectivity index (χ0n) is 11.7. The molecule has 1 fully saturated rings. The second-order valence-electron chi connectivity index (χ2n) is 5.05. The van der Waals surface area contributed by atoms with Crippen molar-refractivity contribution in [1.29, 1.82) is 0 Å². The number of aliphatic hydroxyl groups excluding tert-OH is 1. The first-order valence-corrected chi connectivity index (χ1v) is 6.83. The van der Waals surface area contributed by atoms with Crippen LogP contribution in [0.3, 0.4) is 0 Å². The van der Waals surface area contributed by atoms with Crippen molar-refractivity contribution in [3.8, 4) is 11.5 Å². The lowest BCUT2D eigenvalue weighted by atomic mass is 10.0. The number of ether oxygens (including phenoxy) is 2. The Bertz CT molecular complexity index is 408. The summed E-state index contributed by atoms with van der Waals surface area (Å²) in [6.07, 6.45) is 3.48. The number of aliphatic hydroxyl groups is 1. The number of benzene rings is 1. The van der Waals surface area contributed by atoms with Crippen molar-refractivity contribution in [3.63, 3.8) is 0 Å². The quantitative estimate of drug-likeness (QED) is 0.825. The second-order valence-corrected chi connectivity index (χ2v) is 5.05. The number of hydrogen-bond acceptors (Lipinski definition) is 4. The van der Waals surface area contributed by atoms with Crippen molar-refractivity contribution in [3.05, 3.63) is 23.8 Å². The number of rotatable bonds is 6. The fraction of sp³-hybridized carbons (Fsp3) is 0.600. The molecule has 106 valence electrons. The Balaban J connectivity index is 1.96. The summed E-state index contributed by atoms with van der Waals surface area (Å²) >= 11 is 0. The monoisotopic (exact) mass is 265 g/mol. The van der Waals surface area contributed by atoms with Crippen LogP contribution in [-0.4, -0.2) is 32.0 Å². The molecule has 0 heterocycles. The molecule has 2 atom stereocenters. The summed E-state index contributed by atoms with van der Waals surface area (Å²) in [5.74, 6) is 1.91. The van der Waals surface area contributed by atoms with Crippen LogP contribution < -0.4 is 14.8 Å². The smallest absolute Gasteiger partial charge is 0.161 e. The third-order valence-electron chi connectivity index (χ3n) is 3.91. The summed E-state index contributed by atoms with van der Waals surface area (Å²) in [6.45, 7) is 1.07. The molecule has 2 rings (SSSR count). The van der Waals surface area contributed by atoms with E-state index in [9.17, 15) is 5.11 Å². The van der Waals surface area contributed by atoms with Gasteiger partial charge in [0.2, 0.25) is 0 Å². The molecule has 2 N–H and O–H groups in total. The number of methoxy groups -OCH3 is 2. The summed E-state index contributed by atoms with van der Waals surface area (Å²) in [5.41, 5.74) is 1.17. The van der Waals surface area contributed by atoms with E-state index in [1.54, 1.807) is 14.2 Å². The first-order chi connectivity index (χ1) is 9.28. The topological polar surface area (TPSA) is 50.7 Å². The third-order valence-corrected chi connectivity index (χ3v) is 3.91. The van der Waals surface area contributed by atoms with Crippen LogP contribution in [0.2, 0.25) is 0 Å². The van der Waals surface area contributed by atoms with E-state index in [2.05, 4.69) is 5.32 Å². The van der Waals surface area contributed by atoms with Gasteiger partial charge in [0.1, 0.15) is 0 Å². The van der Waals surface area contributed by atoms with E-state index in [0.29, 0.717) is 12.0 Å². The molecule has 0 aromatic heterocycles. The zero-order chi connectivity index (χ0) is 13.7. The Morgan fingerprint density at radius 3 is 2.68 bits per heavy atom. The van der Waals surface area contributed by atoms with E-state index in [1.165, 1.54) is 12.0 Å². The van der Waals surface area contributed by atoms with Gasteiger partial charge in [-0.05, 0) is 36.5 Å². The highest BCUT2D eigenvalue weighted by Gasteiger charge is 2.25. The molecule has 1 saturated carbocycles. The average Bonchev–Trinajstić information content (AvgIpc) is 2.92. The zero-order valence-corrected chi connectivity index (χ0v) is 11.7. The van der Waals surface area contributed by atoms with Crippen LogP contribution in [0.1, 0.15) is 24.8 Å². The molecule has 0 amide bonds. The summed E-state index contributed by atoms with van der Waals surface area (Å²) in [7, 11) is 3.29. The maximum absolute atomic E-state index is 9.31. The van der Waals surface area contributed by atoms with Gasteiger partial charge in [-0.3, -0.25) is 0 Å². The van der Waals surface area contributed by atoms with E-state index in [4.69, 9.17) is 9.47 Å². The summed E-state index contributed by atoms with van der Waals surface area (Å²) in [4.78, 5) is 0. The van der Waals surface area contributed by atoms with Crippen LogP contribution in [0.25, 0.3) is 0 Å². The van der Waals surface area contributed by atoms with Gasteiger partial charge in [0.15, 0.2) is 11.5 Å². The maximum Gasteiger partial charge on any atom is 0.161 e. The molecule has 4 nitrogen and oxygen atoms in total. The summed E-state index contributed by atoms with van der Waals surface area (Å²) in [6, 6.07) is 6.39. The van der Waals surface area contributed by atoms with Crippen LogP contribution in [0, 0.1) is 5.92 Å². The molecule has 0 spiro atoms. The first kappa shape index (κ1) is 14.2. The van der Waals surface area contributed by atoms with Gasteiger partial charge in [-0.1, -0.05) is 12.5 Å². The molecule has 1 aliphatic rings. The molecule has 0 aliphatic heterocycles. The van der Waals surface area contributed by atoms with Crippen molar-refractivity contribution in [1.82, 2.24) is 5.32 Å². The Morgan fingerprint density at radius 2 is 2.00 bits per heavy atom. The van der Waals surface area contributed by atoms with Crippen molar-refractivity contribution in [2.24, 2.45) is 5.92 Å². The highest BCUT2D eigenvalue weighted by Crippen LogP contribution is 2.28. The second kappa shape index (κ2) is 6.78. The number of nitrogens with one attached hydrogen (secondary N) is 1. The highest BCUT2D eigenvalue weighted by atomic mass is 16.5. The molecule has 2 unspecified atom stereocenters. The fourth-order valence-corrected chi connectivity index (χ4v) is 2.76. The van der Waals surface area contributed by atoms with Crippen LogP contribution in [0.15, 0.2) is 18.2 Å². The van der Waals surface area contributed by atoms with E-state index < -0.39 is 0 Å². The molecular formula is C15H23NO3. The van der Waals surface area contributed by atoms with Gasteiger partial charge in [0.25, 0.3) is 0 Å². The van der Waals surface area contributed by atoms with Crippen molar-refractivity contribution < 1.29 is 14.6 Å². The Kier molecular flexibility index (Phi) is 5.05. The van der Waals surface area contributed by atoms with Crippen LogP contribution in [-0.2, 0) is 6.54 Å². The lowest BCUT2D eigenvalue weighted by molar-refractivity contribution is 0.205. The summed E-state index contributed by atoms with van der Waals surface area (Å²) < 4.78 is 10.5. The molecule has 1 aliphatic carbocycles. The van der Waals surface area contributed by atoms with Crippen molar-refractivity contribution in [2.75, 3.05) is 20.8 Å². The highest BCUT2D eigenvalue weighted by molar-refractivity contribution is 5.42. The van der Waals surface area contributed by atoms with Gasteiger partial charge in [-0.25, -0.2) is 0 Å². The Hall–Kier alpha value is -1.26. The van der Waals surface area contributed by atoms with Crippen molar-refractivity contribution in [2.45, 2.75) is 31.8 Å². The molecule has 0 bridgehead atoms. The molecule has 0 saturated heterocycles. The van der Waals surface area contributed by atoms with Crippen LogP contribution in [0.5, 0.6) is 11.5 Å². The normalized spacial score (nSPS) is 22.5. The van der Waals surface area contributed by atoms with Gasteiger partial charge in [0.05, 0.1) is 14.2 Å². The predicted octanol–water partition coefficient (Wildman–Crippen LogP) is 1.95. The molecule has 0 radical (unpaired) electrons. The van der Waals surface area contributed by atoms with Crippen LogP contribution in [0.4, 0.5) is 0 Å². The predicted molar refractivity (Wildman–Crippen MR) is 74.6 cm³/mol. The molecule has 1 aromatic rings. The standard InChI is InChI=1S/C15H23NO3/c1-18-14-7-6-11(8-15(14)19-2)9-16-13-5-3-4-12(13)10-17/h6-8,12-13,16-17H,3-5,9-10H2,1-2H3. The fourth-order valence-electron chi connectivity index (χ4n) is 2.76. The molecule has 19 heavy (non-hydrogen) atoms. The van der Waals surface area contributed by atoms with E-state index >= 15 is 0 Å². The minimum Gasteiger partial charge on any atom is -0.493 e. The molecule has 1 aromatic carbocycles. The Labute approximate surface area is 114 Å². The Morgan fingerprint density at radius 1 is 1.21 bits per heavy atom. The minimum atomic E-state index is 0.281. The largest absolute Gasteiger partial charge is 0.493 e. The van der Waals surface area contributed by atoms with Gasteiger partial charge < -0.3 is 19.9 Å². The maximum atomic E-state index is 9.31. The van der Waals surface area contributed by atoms with E-state index in [1.807, 2.05) is 18.2 Å². The van der Waals surface area contributed by atoms with Crippen molar-refractivity contribution >= 4 is 0 Å². The summed E-state index contributed by atoms with van der Waals surface area (Å²) in [5, 5.41) is 12.8. The van der Waals surface area contributed by atoms with Gasteiger partial charge in [-0.15, -0.1) is 0 Å². The molecule has 4 heteroatoms. The number of hydrogen-bond donors (Lipinski definition) is 2. The SMILES string of the molecule is COc1ccc(CNC2CCCC2CO)cc1OC. The van der Waals surface area contributed by atoms with E-state index in [0.717, 1.165) is 30.9 Å².